The molecular weight excluding hydrogens is 400 g/mol. The van der Waals surface area contributed by atoms with Gasteiger partial charge in [0.2, 0.25) is 0 Å². The molecule has 0 saturated carbocycles. The Bertz CT molecular complexity index is 861. The van der Waals surface area contributed by atoms with Crippen LogP contribution in [-0.4, -0.2) is 64.6 Å². The van der Waals surface area contributed by atoms with Gasteiger partial charge in [-0.05, 0) is 31.4 Å². The van der Waals surface area contributed by atoms with Crippen molar-refractivity contribution < 1.29 is 9.59 Å². The van der Waals surface area contributed by atoms with E-state index in [4.69, 9.17) is 0 Å². The molecule has 4 aliphatic rings. The zero-order chi connectivity index (χ0) is 20.8. The molecule has 6 heterocycles. The van der Waals surface area contributed by atoms with Crippen LogP contribution in [0.3, 0.4) is 0 Å². The first kappa shape index (κ1) is 20.7. The maximum absolute atomic E-state index is 13.0. The largest absolute Gasteiger partial charge is 0.352 e. The second kappa shape index (κ2) is 9.97. The summed E-state index contributed by atoms with van der Waals surface area (Å²) in [5, 5.41) is 11.3. The van der Waals surface area contributed by atoms with Gasteiger partial charge >= 0.3 is 0 Å². The number of thiazole rings is 1. The van der Waals surface area contributed by atoms with Crippen molar-refractivity contribution in [1.29, 1.82) is 0 Å². The monoisotopic (exact) mass is 428 g/mol. The molecule has 0 aliphatic carbocycles. The second-order valence-electron chi connectivity index (χ2n) is 7.81. The van der Waals surface area contributed by atoms with E-state index in [1.165, 1.54) is 11.3 Å². The SMILES string of the molecule is O=C1NCCCCCCCCc2ncsc2C(=O)N2CCN(CC2)c2ccc1nn2. The number of anilines is 1. The number of amides is 2. The molecule has 4 bridgehead atoms. The van der Waals surface area contributed by atoms with Gasteiger partial charge < -0.3 is 15.1 Å². The molecule has 0 radical (unpaired) electrons. The summed E-state index contributed by atoms with van der Waals surface area (Å²) in [6.45, 7) is 3.33. The Labute approximate surface area is 180 Å². The Kier molecular flexibility index (Phi) is 6.88. The van der Waals surface area contributed by atoms with Crippen molar-refractivity contribution in [2.45, 2.75) is 44.9 Å². The third-order valence-corrected chi connectivity index (χ3v) is 6.59. The fourth-order valence-corrected chi connectivity index (χ4v) is 4.74. The van der Waals surface area contributed by atoms with E-state index in [-0.39, 0.29) is 11.8 Å². The normalized spacial score (nSPS) is 19.3. The predicted molar refractivity (Wildman–Crippen MR) is 116 cm³/mol. The molecule has 2 amide bonds. The average molecular weight is 429 g/mol. The summed E-state index contributed by atoms with van der Waals surface area (Å²) in [6.07, 6.45) is 7.42. The van der Waals surface area contributed by atoms with Crippen LogP contribution in [0.2, 0.25) is 0 Å². The Morgan fingerprint density at radius 2 is 1.60 bits per heavy atom. The summed E-state index contributed by atoms with van der Waals surface area (Å²) in [7, 11) is 0. The highest BCUT2D eigenvalue weighted by atomic mass is 32.1. The molecule has 1 fully saturated rings. The van der Waals surface area contributed by atoms with Gasteiger partial charge in [-0.1, -0.05) is 25.7 Å². The van der Waals surface area contributed by atoms with E-state index in [0.717, 1.165) is 61.3 Å². The van der Waals surface area contributed by atoms with E-state index >= 15 is 0 Å². The number of aromatic nitrogens is 3. The van der Waals surface area contributed by atoms with Crippen LogP contribution >= 0.6 is 11.3 Å². The molecule has 2 aromatic rings. The van der Waals surface area contributed by atoms with E-state index in [0.29, 0.717) is 38.4 Å². The Balaban J connectivity index is 1.47. The minimum absolute atomic E-state index is 0.0937. The maximum atomic E-state index is 13.0. The van der Waals surface area contributed by atoms with Crippen molar-refractivity contribution in [3.05, 3.63) is 33.9 Å². The summed E-state index contributed by atoms with van der Waals surface area (Å²) in [4.78, 5) is 34.5. The molecule has 0 spiro atoms. The first-order valence-electron chi connectivity index (χ1n) is 10.8. The molecule has 0 atom stereocenters. The summed E-state index contributed by atoms with van der Waals surface area (Å²) in [5.41, 5.74) is 3.08. The standard InChI is InChI=1S/C21H28N6O2S/c28-20-17-8-9-18(25-24-17)26-11-13-27(14-12-26)21(29)19-16(23-15-30-19)7-5-3-1-2-4-6-10-22-20/h8-9,15H,1-7,10-14H2,(H,22,28). The van der Waals surface area contributed by atoms with E-state index in [1.54, 1.807) is 11.6 Å². The maximum Gasteiger partial charge on any atom is 0.271 e. The van der Waals surface area contributed by atoms with Crippen LogP contribution < -0.4 is 10.2 Å². The molecular formula is C21H28N6O2S. The second-order valence-corrected chi connectivity index (χ2v) is 8.67. The molecule has 0 aromatic carbocycles. The number of nitrogens with zero attached hydrogens (tertiary/aromatic N) is 5. The minimum Gasteiger partial charge on any atom is -0.352 e. The number of piperazine rings is 1. The van der Waals surface area contributed by atoms with Crippen molar-refractivity contribution >= 4 is 29.0 Å². The van der Waals surface area contributed by atoms with Gasteiger partial charge in [-0.15, -0.1) is 21.5 Å². The number of carbonyl (C=O) groups excluding carboxylic acids is 2. The first-order chi connectivity index (χ1) is 14.7. The van der Waals surface area contributed by atoms with E-state index in [1.807, 2.05) is 11.0 Å². The van der Waals surface area contributed by atoms with Crippen LogP contribution in [-0.2, 0) is 6.42 Å². The van der Waals surface area contributed by atoms with E-state index in [9.17, 15) is 9.59 Å². The molecule has 0 unspecified atom stereocenters. The van der Waals surface area contributed by atoms with Crippen molar-refractivity contribution in [2.24, 2.45) is 0 Å². The third-order valence-electron chi connectivity index (χ3n) is 5.74. The summed E-state index contributed by atoms with van der Waals surface area (Å²) in [5.74, 6) is 0.660. The molecule has 9 heteroatoms. The highest BCUT2D eigenvalue weighted by molar-refractivity contribution is 7.11. The highest BCUT2D eigenvalue weighted by Gasteiger charge is 2.26. The van der Waals surface area contributed by atoms with Gasteiger partial charge in [0.05, 0.1) is 11.2 Å². The first-order valence-corrected chi connectivity index (χ1v) is 11.7. The number of aryl methyl sites for hydroxylation is 1. The van der Waals surface area contributed by atoms with Crippen molar-refractivity contribution in [3.8, 4) is 0 Å². The lowest BCUT2D eigenvalue weighted by atomic mass is 10.1. The fraction of sp³-hybridized carbons (Fsp3) is 0.571. The number of rotatable bonds is 0. The van der Waals surface area contributed by atoms with Gasteiger partial charge in [-0.25, -0.2) is 4.98 Å². The lowest BCUT2D eigenvalue weighted by Gasteiger charge is -2.35. The number of hydrogen-bond donors (Lipinski definition) is 1. The van der Waals surface area contributed by atoms with Gasteiger partial charge in [0.15, 0.2) is 11.5 Å². The molecule has 160 valence electrons. The molecule has 2 aromatic heterocycles. The molecule has 1 saturated heterocycles. The van der Waals surface area contributed by atoms with Crippen LogP contribution in [0.1, 0.15) is 64.4 Å². The van der Waals surface area contributed by atoms with Gasteiger partial charge in [-0.3, -0.25) is 9.59 Å². The van der Waals surface area contributed by atoms with Crippen molar-refractivity contribution in [3.63, 3.8) is 0 Å². The number of nitrogens with one attached hydrogen (secondary N) is 1. The highest BCUT2D eigenvalue weighted by Crippen LogP contribution is 2.21. The van der Waals surface area contributed by atoms with E-state index < -0.39 is 0 Å². The Hall–Kier alpha value is -2.55. The lowest BCUT2D eigenvalue weighted by molar-refractivity contribution is 0.0749. The predicted octanol–water partition coefficient (Wildman–Crippen LogP) is 2.52. The number of fused-ring (bicyclic) bond motifs is 2. The lowest BCUT2D eigenvalue weighted by Crippen LogP contribution is -2.49. The van der Waals surface area contributed by atoms with Gasteiger partial charge in [0.1, 0.15) is 4.88 Å². The minimum atomic E-state index is -0.172. The summed E-state index contributed by atoms with van der Waals surface area (Å²) in [6, 6.07) is 3.56. The smallest absolute Gasteiger partial charge is 0.271 e. The van der Waals surface area contributed by atoms with Crippen molar-refractivity contribution in [2.75, 3.05) is 37.6 Å². The third kappa shape index (κ3) is 4.95. The zero-order valence-electron chi connectivity index (χ0n) is 17.2. The Morgan fingerprint density at radius 3 is 2.37 bits per heavy atom. The van der Waals surface area contributed by atoms with Crippen LogP contribution in [0.4, 0.5) is 5.82 Å². The van der Waals surface area contributed by atoms with Crippen molar-refractivity contribution in [1.82, 2.24) is 25.4 Å². The van der Waals surface area contributed by atoms with Gasteiger partial charge in [0.25, 0.3) is 11.8 Å². The number of hydrogen-bond acceptors (Lipinski definition) is 7. The van der Waals surface area contributed by atoms with Crippen LogP contribution in [0.25, 0.3) is 0 Å². The van der Waals surface area contributed by atoms with Crippen LogP contribution in [0.15, 0.2) is 17.6 Å². The Morgan fingerprint density at radius 1 is 0.867 bits per heavy atom. The summed E-state index contributed by atoms with van der Waals surface area (Å²) >= 11 is 1.45. The number of carbonyl (C=O) groups is 2. The zero-order valence-corrected chi connectivity index (χ0v) is 18.0. The van der Waals surface area contributed by atoms with E-state index in [2.05, 4.69) is 25.4 Å². The molecule has 4 aliphatic heterocycles. The molecule has 6 rings (SSSR count). The summed E-state index contributed by atoms with van der Waals surface area (Å²) < 4.78 is 0. The van der Waals surface area contributed by atoms with Crippen LogP contribution in [0, 0.1) is 0 Å². The van der Waals surface area contributed by atoms with Gasteiger partial charge in [0, 0.05) is 32.7 Å². The average Bonchev–Trinajstić information content (AvgIpc) is 3.25. The molecule has 8 nitrogen and oxygen atoms in total. The molecule has 30 heavy (non-hydrogen) atoms. The molecule has 1 N–H and O–H groups in total. The van der Waals surface area contributed by atoms with Crippen LogP contribution in [0.5, 0.6) is 0 Å². The van der Waals surface area contributed by atoms with Gasteiger partial charge in [-0.2, -0.15) is 0 Å². The topological polar surface area (TPSA) is 91.3 Å². The quantitative estimate of drug-likeness (QED) is 0.693. The fourth-order valence-electron chi connectivity index (χ4n) is 3.94.